The second-order valence-corrected chi connectivity index (χ2v) is 5.59. The zero-order valence-electron chi connectivity index (χ0n) is 11.7. The Hall–Kier alpha value is -1.61. The van der Waals surface area contributed by atoms with Crippen molar-refractivity contribution in [1.29, 1.82) is 0 Å². The van der Waals surface area contributed by atoms with Crippen molar-refractivity contribution < 1.29 is 0 Å². The monoisotopic (exact) mass is 255 g/mol. The van der Waals surface area contributed by atoms with Gasteiger partial charge in [0.1, 0.15) is 5.82 Å². The lowest BCUT2D eigenvalue weighted by molar-refractivity contribution is 0.564. The van der Waals surface area contributed by atoms with Gasteiger partial charge in [-0.1, -0.05) is 23.8 Å². The first-order chi connectivity index (χ1) is 9.22. The van der Waals surface area contributed by atoms with Crippen LogP contribution < -0.4 is 5.32 Å². The highest BCUT2D eigenvalue weighted by Gasteiger charge is 2.17. The van der Waals surface area contributed by atoms with Gasteiger partial charge in [0, 0.05) is 17.7 Å². The summed E-state index contributed by atoms with van der Waals surface area (Å²) in [5, 5.41) is 3.41. The summed E-state index contributed by atoms with van der Waals surface area (Å²) in [5.74, 6) is 1.86. The van der Waals surface area contributed by atoms with Crippen molar-refractivity contribution in [3.05, 3.63) is 41.3 Å². The average Bonchev–Trinajstić information content (AvgIpc) is 3.00. The summed E-state index contributed by atoms with van der Waals surface area (Å²) in [4.78, 5) is 8.25. The number of nitrogens with zero attached hydrogens (tertiary/aromatic N) is 1. The molecule has 0 aliphatic carbocycles. The maximum Gasteiger partial charge on any atom is 0.107 e. The summed E-state index contributed by atoms with van der Waals surface area (Å²) in [7, 11) is 0. The first kappa shape index (κ1) is 12.4. The maximum absolute atomic E-state index is 4.80. The third-order valence-electron chi connectivity index (χ3n) is 3.87. The van der Waals surface area contributed by atoms with Crippen LogP contribution in [0.25, 0.3) is 11.3 Å². The molecule has 19 heavy (non-hydrogen) atoms. The Morgan fingerprint density at radius 2 is 2.21 bits per heavy atom. The molecule has 1 aliphatic heterocycles. The van der Waals surface area contributed by atoms with E-state index in [-0.39, 0.29) is 0 Å². The van der Waals surface area contributed by atoms with E-state index in [1.54, 1.807) is 0 Å². The zero-order valence-corrected chi connectivity index (χ0v) is 11.7. The van der Waals surface area contributed by atoms with E-state index < -0.39 is 0 Å². The van der Waals surface area contributed by atoms with Crippen LogP contribution in [0.2, 0.25) is 0 Å². The number of aryl methyl sites for hydroxylation is 2. The van der Waals surface area contributed by atoms with E-state index in [4.69, 9.17) is 4.98 Å². The molecule has 2 heterocycles. The van der Waals surface area contributed by atoms with Crippen molar-refractivity contribution in [1.82, 2.24) is 15.3 Å². The molecular formula is C16H21N3. The molecule has 1 fully saturated rings. The standard InChI is InChI=1S/C16H21N3/c1-11-4-3-5-14(8-11)16-12(2)18-15(19-16)9-13-6-7-17-10-13/h3-5,8,13,17H,6-7,9-10H2,1-2H3,(H,18,19). The lowest BCUT2D eigenvalue weighted by Crippen LogP contribution is -2.11. The predicted molar refractivity (Wildman–Crippen MR) is 78.2 cm³/mol. The van der Waals surface area contributed by atoms with Gasteiger partial charge in [-0.3, -0.25) is 0 Å². The molecule has 0 spiro atoms. The minimum atomic E-state index is 0.732. The van der Waals surface area contributed by atoms with Crippen LogP contribution >= 0.6 is 0 Å². The Labute approximate surface area is 114 Å². The summed E-state index contributed by atoms with van der Waals surface area (Å²) in [6.07, 6.45) is 2.32. The fourth-order valence-corrected chi connectivity index (χ4v) is 2.85. The normalized spacial score (nSPS) is 18.9. The number of hydrogen-bond acceptors (Lipinski definition) is 2. The number of aromatic amines is 1. The van der Waals surface area contributed by atoms with Crippen molar-refractivity contribution in [2.24, 2.45) is 5.92 Å². The molecule has 1 aromatic carbocycles. The van der Waals surface area contributed by atoms with Crippen LogP contribution in [0.1, 0.15) is 23.5 Å². The van der Waals surface area contributed by atoms with Crippen LogP contribution in [0, 0.1) is 19.8 Å². The van der Waals surface area contributed by atoms with Gasteiger partial charge in [-0.25, -0.2) is 4.98 Å². The zero-order chi connectivity index (χ0) is 13.2. The van der Waals surface area contributed by atoms with Crippen LogP contribution in [0.15, 0.2) is 24.3 Å². The number of rotatable bonds is 3. The molecule has 0 saturated carbocycles. The number of nitrogens with one attached hydrogen (secondary N) is 2. The van der Waals surface area contributed by atoms with Gasteiger partial charge in [-0.15, -0.1) is 0 Å². The molecule has 0 radical (unpaired) electrons. The second kappa shape index (κ2) is 5.17. The molecule has 2 aromatic rings. The van der Waals surface area contributed by atoms with Gasteiger partial charge >= 0.3 is 0 Å². The third-order valence-corrected chi connectivity index (χ3v) is 3.87. The highest BCUT2D eigenvalue weighted by atomic mass is 14.9. The van der Waals surface area contributed by atoms with E-state index in [2.05, 4.69) is 48.4 Å². The quantitative estimate of drug-likeness (QED) is 0.885. The second-order valence-electron chi connectivity index (χ2n) is 5.59. The van der Waals surface area contributed by atoms with E-state index in [9.17, 15) is 0 Å². The van der Waals surface area contributed by atoms with Crippen molar-refractivity contribution in [2.45, 2.75) is 26.7 Å². The number of aromatic nitrogens is 2. The molecule has 1 unspecified atom stereocenters. The Morgan fingerprint density at radius 3 is 2.95 bits per heavy atom. The molecule has 1 saturated heterocycles. The van der Waals surface area contributed by atoms with Crippen LogP contribution in [0.3, 0.4) is 0 Å². The number of H-pyrrole nitrogens is 1. The van der Waals surface area contributed by atoms with Crippen molar-refractivity contribution in [3.8, 4) is 11.3 Å². The molecule has 0 bridgehead atoms. The minimum Gasteiger partial charge on any atom is -0.346 e. The Morgan fingerprint density at radius 1 is 1.32 bits per heavy atom. The molecule has 1 aliphatic rings. The summed E-state index contributed by atoms with van der Waals surface area (Å²) in [6.45, 7) is 6.51. The molecule has 3 heteroatoms. The van der Waals surface area contributed by atoms with Crippen molar-refractivity contribution in [3.63, 3.8) is 0 Å². The SMILES string of the molecule is Cc1cccc(-c2nc(CC3CCNC3)[nH]c2C)c1. The maximum atomic E-state index is 4.80. The van der Waals surface area contributed by atoms with Gasteiger partial charge in [0.05, 0.1) is 5.69 Å². The first-order valence-corrected chi connectivity index (χ1v) is 7.05. The Kier molecular flexibility index (Phi) is 3.38. The lowest BCUT2D eigenvalue weighted by atomic mass is 10.1. The van der Waals surface area contributed by atoms with E-state index in [0.29, 0.717) is 0 Å². The lowest BCUT2D eigenvalue weighted by Gasteiger charge is -2.04. The molecule has 3 rings (SSSR count). The summed E-state index contributed by atoms with van der Waals surface area (Å²) >= 11 is 0. The Balaban J connectivity index is 1.84. The van der Waals surface area contributed by atoms with Gasteiger partial charge in [0.15, 0.2) is 0 Å². The van der Waals surface area contributed by atoms with Gasteiger partial charge in [-0.2, -0.15) is 0 Å². The molecule has 0 amide bonds. The largest absolute Gasteiger partial charge is 0.346 e. The van der Waals surface area contributed by atoms with Crippen LogP contribution in [-0.2, 0) is 6.42 Å². The predicted octanol–water partition coefficient (Wildman–Crippen LogP) is 2.85. The molecule has 1 atom stereocenters. The van der Waals surface area contributed by atoms with Crippen LogP contribution in [0.4, 0.5) is 0 Å². The minimum absolute atomic E-state index is 0.732. The van der Waals surface area contributed by atoms with E-state index >= 15 is 0 Å². The van der Waals surface area contributed by atoms with Crippen molar-refractivity contribution in [2.75, 3.05) is 13.1 Å². The third kappa shape index (κ3) is 2.71. The molecule has 100 valence electrons. The molecular weight excluding hydrogens is 234 g/mol. The van der Waals surface area contributed by atoms with Crippen LogP contribution in [-0.4, -0.2) is 23.1 Å². The fraction of sp³-hybridized carbons (Fsp3) is 0.438. The number of benzene rings is 1. The first-order valence-electron chi connectivity index (χ1n) is 7.05. The topological polar surface area (TPSA) is 40.7 Å². The molecule has 2 N–H and O–H groups in total. The molecule has 3 nitrogen and oxygen atoms in total. The van der Waals surface area contributed by atoms with Crippen LogP contribution in [0.5, 0.6) is 0 Å². The highest BCUT2D eigenvalue weighted by Crippen LogP contribution is 2.23. The summed E-state index contributed by atoms with van der Waals surface area (Å²) in [6, 6.07) is 8.55. The summed E-state index contributed by atoms with van der Waals surface area (Å²) < 4.78 is 0. The van der Waals surface area contributed by atoms with E-state index in [1.807, 2.05) is 0 Å². The smallest absolute Gasteiger partial charge is 0.107 e. The van der Waals surface area contributed by atoms with Crippen molar-refractivity contribution >= 4 is 0 Å². The van der Waals surface area contributed by atoms with Gasteiger partial charge in [0.2, 0.25) is 0 Å². The molecule has 1 aromatic heterocycles. The van der Waals surface area contributed by atoms with Gasteiger partial charge < -0.3 is 10.3 Å². The Bertz CT molecular complexity index is 565. The average molecular weight is 255 g/mol. The van der Waals surface area contributed by atoms with E-state index in [1.165, 1.54) is 23.2 Å². The number of imidazole rings is 1. The fourth-order valence-electron chi connectivity index (χ4n) is 2.85. The van der Waals surface area contributed by atoms with E-state index in [0.717, 1.165) is 36.9 Å². The van der Waals surface area contributed by atoms with Gasteiger partial charge in [-0.05, 0) is 45.3 Å². The number of hydrogen-bond donors (Lipinski definition) is 2. The summed E-state index contributed by atoms with van der Waals surface area (Å²) in [5.41, 5.74) is 4.77. The highest BCUT2D eigenvalue weighted by molar-refractivity contribution is 5.62. The van der Waals surface area contributed by atoms with Gasteiger partial charge in [0.25, 0.3) is 0 Å².